The number of allylic oxidation sites excluding steroid dienone is 1. The summed E-state index contributed by atoms with van der Waals surface area (Å²) in [5.74, 6) is 2.87. The molecule has 0 amide bonds. The first kappa shape index (κ1) is 13.1. The molecule has 4 rings (SSSR count). The summed E-state index contributed by atoms with van der Waals surface area (Å²) in [5, 5.41) is 0. The van der Waals surface area contributed by atoms with Gasteiger partial charge in [-0.1, -0.05) is 52.3 Å². The fraction of sp³-hybridized carbons (Fsp3) is 0.176. The molecule has 1 atom stereocenters. The van der Waals surface area contributed by atoms with Gasteiger partial charge in [0.05, 0.1) is 0 Å². The van der Waals surface area contributed by atoms with Gasteiger partial charge in [-0.15, -0.1) is 23.5 Å². The Labute approximate surface area is 136 Å². The second-order valence-corrected chi connectivity index (χ2v) is 8.12. The Morgan fingerprint density at radius 2 is 1.75 bits per heavy atom. The van der Waals surface area contributed by atoms with Crippen molar-refractivity contribution in [2.75, 3.05) is 11.5 Å². The highest BCUT2D eigenvalue weighted by Crippen LogP contribution is 2.56. The van der Waals surface area contributed by atoms with E-state index in [1.807, 2.05) is 23.5 Å². The van der Waals surface area contributed by atoms with E-state index in [-0.39, 0.29) is 0 Å². The molecule has 0 bridgehead atoms. The van der Waals surface area contributed by atoms with Gasteiger partial charge in [0.25, 0.3) is 0 Å². The van der Waals surface area contributed by atoms with Crippen molar-refractivity contribution in [1.29, 1.82) is 0 Å². The van der Waals surface area contributed by atoms with E-state index < -0.39 is 0 Å². The fourth-order valence-electron chi connectivity index (χ4n) is 2.95. The normalized spacial score (nSPS) is 20.8. The first-order valence-electron chi connectivity index (χ1n) is 6.69. The van der Waals surface area contributed by atoms with Crippen molar-refractivity contribution in [3.05, 3.63) is 74.6 Å². The lowest BCUT2D eigenvalue weighted by Crippen LogP contribution is -2.01. The first-order chi connectivity index (χ1) is 9.84. The van der Waals surface area contributed by atoms with E-state index in [1.165, 1.54) is 37.6 Å². The van der Waals surface area contributed by atoms with Gasteiger partial charge in [-0.2, -0.15) is 0 Å². The van der Waals surface area contributed by atoms with E-state index in [0.717, 1.165) is 0 Å². The monoisotopic (exact) mass is 360 g/mol. The largest absolute Gasteiger partial charge is 0.128 e. The average molecular weight is 361 g/mol. The Hall–Kier alpha value is -0.640. The van der Waals surface area contributed by atoms with Crippen LogP contribution in [-0.4, -0.2) is 11.5 Å². The molecule has 3 heteroatoms. The standard InChI is InChI=1S/C17H13BrS2/c18-12-6-7-13-14(10-12)15(11-4-2-1-3-5-11)17-16(13)19-8-9-20-17/h1-7,10,15H,8-9H2. The second kappa shape index (κ2) is 5.28. The molecule has 2 aliphatic rings. The zero-order chi connectivity index (χ0) is 13.5. The third-order valence-corrected chi connectivity index (χ3v) is 6.95. The Kier molecular flexibility index (Phi) is 3.45. The molecule has 20 heavy (non-hydrogen) atoms. The Morgan fingerprint density at radius 1 is 0.950 bits per heavy atom. The lowest BCUT2D eigenvalue weighted by molar-refractivity contribution is 1.03. The van der Waals surface area contributed by atoms with Crippen molar-refractivity contribution in [3.8, 4) is 0 Å². The molecule has 1 heterocycles. The van der Waals surface area contributed by atoms with E-state index in [9.17, 15) is 0 Å². The summed E-state index contributed by atoms with van der Waals surface area (Å²) in [5.41, 5.74) is 4.30. The molecular formula is C17H13BrS2. The first-order valence-corrected chi connectivity index (χ1v) is 9.45. The maximum Gasteiger partial charge on any atom is 0.0417 e. The SMILES string of the molecule is Brc1ccc2c(c1)C(c1ccccc1)C1=C2SCCS1. The van der Waals surface area contributed by atoms with Crippen LogP contribution in [0.1, 0.15) is 22.6 Å². The van der Waals surface area contributed by atoms with E-state index in [2.05, 4.69) is 64.5 Å². The van der Waals surface area contributed by atoms with Gasteiger partial charge in [0, 0.05) is 31.7 Å². The molecule has 0 saturated carbocycles. The molecule has 0 aromatic heterocycles. The van der Waals surface area contributed by atoms with Gasteiger partial charge < -0.3 is 0 Å². The lowest BCUT2D eigenvalue weighted by Gasteiger charge is -2.19. The van der Waals surface area contributed by atoms with E-state index >= 15 is 0 Å². The maximum absolute atomic E-state index is 3.63. The summed E-state index contributed by atoms with van der Waals surface area (Å²) in [4.78, 5) is 3.07. The molecule has 0 N–H and O–H groups in total. The van der Waals surface area contributed by atoms with Crippen molar-refractivity contribution < 1.29 is 0 Å². The van der Waals surface area contributed by atoms with Crippen molar-refractivity contribution in [2.45, 2.75) is 5.92 Å². The predicted octanol–water partition coefficient (Wildman–Crippen LogP) is 5.74. The quantitative estimate of drug-likeness (QED) is 0.635. The lowest BCUT2D eigenvalue weighted by atomic mass is 9.93. The zero-order valence-corrected chi connectivity index (χ0v) is 14.0. The van der Waals surface area contributed by atoms with Crippen LogP contribution < -0.4 is 0 Å². The molecule has 1 aliphatic heterocycles. The van der Waals surface area contributed by atoms with Crippen LogP contribution in [0.5, 0.6) is 0 Å². The third kappa shape index (κ3) is 2.07. The van der Waals surface area contributed by atoms with Crippen LogP contribution in [0, 0.1) is 0 Å². The average Bonchev–Trinajstić information content (AvgIpc) is 2.81. The van der Waals surface area contributed by atoms with Crippen LogP contribution in [0.25, 0.3) is 4.91 Å². The third-order valence-electron chi connectivity index (χ3n) is 3.78. The highest BCUT2D eigenvalue weighted by atomic mass is 79.9. The van der Waals surface area contributed by atoms with Crippen LogP contribution in [0.15, 0.2) is 57.9 Å². The van der Waals surface area contributed by atoms with Gasteiger partial charge in [0.1, 0.15) is 0 Å². The number of thioether (sulfide) groups is 2. The van der Waals surface area contributed by atoms with Crippen molar-refractivity contribution in [1.82, 2.24) is 0 Å². The van der Waals surface area contributed by atoms with Gasteiger partial charge in [-0.05, 0) is 28.8 Å². The number of fused-ring (bicyclic) bond motifs is 2. The molecule has 0 fully saturated rings. The zero-order valence-electron chi connectivity index (χ0n) is 10.8. The summed E-state index contributed by atoms with van der Waals surface area (Å²) in [7, 11) is 0. The second-order valence-electron chi connectivity index (χ2n) is 4.97. The summed E-state index contributed by atoms with van der Waals surface area (Å²) >= 11 is 7.70. The smallest absolute Gasteiger partial charge is 0.0417 e. The number of halogens is 1. The van der Waals surface area contributed by atoms with Crippen molar-refractivity contribution in [2.24, 2.45) is 0 Å². The van der Waals surface area contributed by atoms with Gasteiger partial charge in [-0.25, -0.2) is 0 Å². The molecule has 2 aromatic carbocycles. The van der Waals surface area contributed by atoms with E-state index in [1.54, 1.807) is 4.91 Å². The van der Waals surface area contributed by atoms with Gasteiger partial charge in [-0.3, -0.25) is 0 Å². The van der Waals surface area contributed by atoms with Crippen LogP contribution in [0.2, 0.25) is 0 Å². The van der Waals surface area contributed by atoms with Gasteiger partial charge in [0.2, 0.25) is 0 Å². The molecule has 100 valence electrons. The van der Waals surface area contributed by atoms with Crippen molar-refractivity contribution in [3.63, 3.8) is 0 Å². The minimum atomic E-state index is 0.427. The van der Waals surface area contributed by atoms with Crippen LogP contribution in [-0.2, 0) is 0 Å². The van der Waals surface area contributed by atoms with E-state index in [4.69, 9.17) is 0 Å². The molecule has 0 saturated heterocycles. The Morgan fingerprint density at radius 3 is 2.60 bits per heavy atom. The molecular weight excluding hydrogens is 348 g/mol. The number of benzene rings is 2. The summed E-state index contributed by atoms with van der Waals surface area (Å²) < 4.78 is 1.17. The Balaban J connectivity index is 1.93. The fourth-order valence-corrected chi connectivity index (χ4v) is 6.05. The summed E-state index contributed by atoms with van der Waals surface area (Å²) in [6.45, 7) is 0. The predicted molar refractivity (Wildman–Crippen MR) is 94.3 cm³/mol. The molecule has 0 spiro atoms. The molecule has 0 nitrogen and oxygen atoms in total. The molecule has 2 aromatic rings. The number of rotatable bonds is 1. The highest BCUT2D eigenvalue weighted by molar-refractivity contribution is 9.10. The van der Waals surface area contributed by atoms with Crippen LogP contribution >= 0.6 is 39.5 Å². The van der Waals surface area contributed by atoms with Crippen LogP contribution in [0.3, 0.4) is 0 Å². The molecule has 1 aliphatic carbocycles. The summed E-state index contributed by atoms with van der Waals surface area (Å²) in [6.07, 6.45) is 0. The summed E-state index contributed by atoms with van der Waals surface area (Å²) in [6, 6.07) is 17.6. The highest BCUT2D eigenvalue weighted by Gasteiger charge is 2.34. The topological polar surface area (TPSA) is 0 Å². The number of hydrogen-bond donors (Lipinski definition) is 0. The van der Waals surface area contributed by atoms with Gasteiger partial charge in [0.15, 0.2) is 0 Å². The Bertz CT molecular complexity index is 691. The molecule has 0 radical (unpaired) electrons. The van der Waals surface area contributed by atoms with E-state index in [0.29, 0.717) is 5.92 Å². The molecule has 1 unspecified atom stereocenters. The maximum atomic E-state index is 3.63. The van der Waals surface area contributed by atoms with Gasteiger partial charge >= 0.3 is 0 Å². The van der Waals surface area contributed by atoms with Crippen molar-refractivity contribution >= 4 is 44.4 Å². The number of hydrogen-bond acceptors (Lipinski definition) is 2. The van der Waals surface area contributed by atoms with Crippen LogP contribution in [0.4, 0.5) is 0 Å². The minimum Gasteiger partial charge on any atom is -0.128 e. The minimum absolute atomic E-state index is 0.427.